The molecule has 30 heavy (non-hydrogen) atoms. The standard InChI is InChI=1S/C26H24BrNO2/c1-26(2,3)19-11-13-24-22(16-19)28-25(30-24)21-17-20(27)12-14-23(21)29-15-7-10-18-8-5-4-6-9-18/h4-14,16-17H,15H2,1-3H3/b10-7+. The van der Waals surface area contributed by atoms with E-state index >= 15 is 0 Å². The second kappa shape index (κ2) is 8.49. The van der Waals surface area contributed by atoms with Gasteiger partial charge in [0, 0.05) is 4.47 Å². The summed E-state index contributed by atoms with van der Waals surface area (Å²) in [5, 5.41) is 0. The third-order valence-corrected chi connectivity index (χ3v) is 5.36. The molecule has 4 aromatic rings. The Kier molecular flexibility index (Phi) is 5.78. The summed E-state index contributed by atoms with van der Waals surface area (Å²) >= 11 is 3.55. The quantitative estimate of drug-likeness (QED) is 0.306. The van der Waals surface area contributed by atoms with E-state index in [0.29, 0.717) is 12.5 Å². The highest BCUT2D eigenvalue weighted by molar-refractivity contribution is 9.10. The molecule has 3 nitrogen and oxygen atoms in total. The maximum absolute atomic E-state index is 6.06. The van der Waals surface area contributed by atoms with Crippen LogP contribution in [0.1, 0.15) is 31.9 Å². The molecule has 0 amide bonds. The van der Waals surface area contributed by atoms with Crippen molar-refractivity contribution < 1.29 is 9.15 Å². The molecule has 0 aliphatic carbocycles. The van der Waals surface area contributed by atoms with Crippen LogP contribution in [0.15, 0.2) is 81.7 Å². The second-order valence-electron chi connectivity index (χ2n) is 8.22. The van der Waals surface area contributed by atoms with Gasteiger partial charge >= 0.3 is 0 Å². The molecule has 4 rings (SSSR count). The molecule has 0 atom stereocenters. The van der Waals surface area contributed by atoms with Gasteiger partial charge < -0.3 is 9.15 Å². The molecule has 4 heteroatoms. The van der Waals surface area contributed by atoms with Crippen molar-refractivity contribution >= 4 is 33.1 Å². The van der Waals surface area contributed by atoms with Crippen LogP contribution in [0.2, 0.25) is 0 Å². The Morgan fingerprint density at radius 1 is 1.00 bits per heavy atom. The van der Waals surface area contributed by atoms with Crippen molar-refractivity contribution in [2.24, 2.45) is 0 Å². The third kappa shape index (κ3) is 4.65. The van der Waals surface area contributed by atoms with Crippen molar-refractivity contribution in [3.05, 3.63) is 88.4 Å². The van der Waals surface area contributed by atoms with Crippen molar-refractivity contribution in [3.63, 3.8) is 0 Å². The van der Waals surface area contributed by atoms with Crippen LogP contribution in [0.25, 0.3) is 28.6 Å². The van der Waals surface area contributed by atoms with Crippen molar-refractivity contribution in [2.75, 3.05) is 6.61 Å². The summed E-state index contributed by atoms with van der Waals surface area (Å²) in [7, 11) is 0. The van der Waals surface area contributed by atoms with Crippen LogP contribution in [-0.4, -0.2) is 11.6 Å². The number of benzene rings is 3. The molecule has 0 bridgehead atoms. The van der Waals surface area contributed by atoms with E-state index in [1.165, 1.54) is 5.56 Å². The Hall–Kier alpha value is -2.85. The number of nitrogens with zero attached hydrogens (tertiary/aromatic N) is 1. The Morgan fingerprint density at radius 2 is 1.80 bits per heavy atom. The van der Waals surface area contributed by atoms with Crippen molar-refractivity contribution in [3.8, 4) is 17.2 Å². The molecule has 0 aliphatic heterocycles. The van der Waals surface area contributed by atoms with Crippen LogP contribution in [-0.2, 0) is 5.41 Å². The van der Waals surface area contributed by atoms with Gasteiger partial charge in [0.1, 0.15) is 17.9 Å². The zero-order valence-corrected chi connectivity index (χ0v) is 18.9. The van der Waals surface area contributed by atoms with Gasteiger partial charge in [-0.15, -0.1) is 0 Å². The lowest BCUT2D eigenvalue weighted by Crippen LogP contribution is -2.10. The summed E-state index contributed by atoms with van der Waals surface area (Å²) in [4.78, 5) is 4.75. The fourth-order valence-corrected chi connectivity index (χ4v) is 3.55. The van der Waals surface area contributed by atoms with E-state index in [9.17, 15) is 0 Å². The molecule has 0 saturated carbocycles. The van der Waals surface area contributed by atoms with Gasteiger partial charge in [-0.1, -0.05) is 79.2 Å². The van der Waals surface area contributed by atoms with Gasteiger partial charge in [-0.3, -0.25) is 0 Å². The van der Waals surface area contributed by atoms with Crippen LogP contribution in [0.3, 0.4) is 0 Å². The summed E-state index contributed by atoms with van der Waals surface area (Å²) in [6.07, 6.45) is 4.05. The van der Waals surface area contributed by atoms with Crippen LogP contribution in [0.4, 0.5) is 0 Å². The van der Waals surface area contributed by atoms with E-state index in [1.54, 1.807) is 0 Å². The number of hydrogen-bond donors (Lipinski definition) is 0. The molecule has 3 aromatic carbocycles. The molecule has 0 radical (unpaired) electrons. The zero-order chi connectivity index (χ0) is 21.1. The molecule has 152 valence electrons. The number of aromatic nitrogens is 1. The molecule has 0 aliphatic rings. The van der Waals surface area contributed by atoms with E-state index in [-0.39, 0.29) is 5.41 Å². The molecule has 0 spiro atoms. The van der Waals surface area contributed by atoms with E-state index in [4.69, 9.17) is 14.1 Å². The van der Waals surface area contributed by atoms with Crippen molar-refractivity contribution in [2.45, 2.75) is 26.2 Å². The number of hydrogen-bond acceptors (Lipinski definition) is 3. The second-order valence-corrected chi connectivity index (χ2v) is 9.13. The van der Waals surface area contributed by atoms with Gasteiger partial charge in [-0.25, -0.2) is 4.98 Å². The fourth-order valence-electron chi connectivity index (χ4n) is 3.19. The summed E-state index contributed by atoms with van der Waals surface area (Å²) in [6, 6.07) is 22.2. The Balaban J connectivity index is 1.61. The predicted molar refractivity (Wildman–Crippen MR) is 127 cm³/mol. The van der Waals surface area contributed by atoms with Crippen LogP contribution in [0, 0.1) is 0 Å². The summed E-state index contributed by atoms with van der Waals surface area (Å²) in [5.74, 6) is 1.29. The third-order valence-electron chi connectivity index (χ3n) is 4.87. The normalized spacial score (nSPS) is 12.0. The van der Waals surface area contributed by atoms with Gasteiger partial charge in [0.15, 0.2) is 5.58 Å². The molecular formula is C26H24BrNO2. The average Bonchev–Trinajstić information content (AvgIpc) is 3.15. The number of fused-ring (bicyclic) bond motifs is 1. The minimum atomic E-state index is 0.0580. The van der Waals surface area contributed by atoms with Gasteiger partial charge in [0.05, 0.1) is 5.56 Å². The number of oxazole rings is 1. The van der Waals surface area contributed by atoms with Gasteiger partial charge in [0.2, 0.25) is 5.89 Å². The van der Waals surface area contributed by atoms with Crippen LogP contribution in [0.5, 0.6) is 5.75 Å². The zero-order valence-electron chi connectivity index (χ0n) is 17.4. The maximum atomic E-state index is 6.06. The van der Waals surface area contributed by atoms with Gasteiger partial charge in [0.25, 0.3) is 0 Å². The first-order chi connectivity index (χ1) is 14.4. The lowest BCUT2D eigenvalue weighted by molar-refractivity contribution is 0.364. The molecule has 1 aromatic heterocycles. The first kappa shape index (κ1) is 20.4. The number of ether oxygens (including phenoxy) is 1. The monoisotopic (exact) mass is 461 g/mol. The minimum absolute atomic E-state index is 0.0580. The van der Waals surface area contributed by atoms with Gasteiger partial charge in [-0.2, -0.15) is 0 Å². The fraction of sp³-hybridized carbons (Fsp3) is 0.192. The predicted octanol–water partition coefficient (Wildman–Crippen LogP) is 7.65. The Morgan fingerprint density at radius 3 is 2.57 bits per heavy atom. The number of rotatable bonds is 5. The van der Waals surface area contributed by atoms with Crippen molar-refractivity contribution in [1.82, 2.24) is 4.98 Å². The topological polar surface area (TPSA) is 35.3 Å². The summed E-state index contributed by atoms with van der Waals surface area (Å²) < 4.78 is 13.0. The highest BCUT2D eigenvalue weighted by atomic mass is 79.9. The molecule has 0 fully saturated rings. The van der Waals surface area contributed by atoms with Crippen LogP contribution < -0.4 is 4.74 Å². The Bertz CT molecular complexity index is 1190. The summed E-state index contributed by atoms with van der Waals surface area (Å²) in [6.45, 7) is 7.03. The van der Waals surface area contributed by atoms with E-state index in [2.05, 4.69) is 61.0 Å². The van der Waals surface area contributed by atoms with Crippen molar-refractivity contribution in [1.29, 1.82) is 0 Å². The number of halogens is 1. The first-order valence-corrected chi connectivity index (χ1v) is 10.7. The highest BCUT2D eigenvalue weighted by Gasteiger charge is 2.18. The van der Waals surface area contributed by atoms with Gasteiger partial charge in [-0.05, 0) is 52.9 Å². The first-order valence-electron chi connectivity index (χ1n) is 9.95. The van der Waals surface area contributed by atoms with E-state index < -0.39 is 0 Å². The molecule has 0 N–H and O–H groups in total. The SMILES string of the molecule is CC(C)(C)c1ccc2oc(-c3cc(Br)ccc3OC/C=C/c3ccccc3)nc2c1. The minimum Gasteiger partial charge on any atom is -0.489 e. The van der Waals surface area contributed by atoms with E-state index in [0.717, 1.165) is 32.4 Å². The largest absolute Gasteiger partial charge is 0.489 e. The highest BCUT2D eigenvalue weighted by Crippen LogP contribution is 2.35. The average molecular weight is 462 g/mol. The van der Waals surface area contributed by atoms with E-state index in [1.807, 2.05) is 54.6 Å². The molecule has 0 unspecified atom stereocenters. The lowest BCUT2D eigenvalue weighted by Gasteiger charge is -2.18. The molecular weight excluding hydrogens is 438 g/mol. The molecule has 1 heterocycles. The smallest absolute Gasteiger partial charge is 0.231 e. The lowest BCUT2D eigenvalue weighted by atomic mass is 9.87. The Labute approximate surface area is 185 Å². The molecule has 0 saturated heterocycles. The summed E-state index contributed by atoms with van der Waals surface area (Å²) in [5.41, 5.74) is 4.88. The van der Waals surface area contributed by atoms with Crippen LogP contribution >= 0.6 is 15.9 Å². The maximum Gasteiger partial charge on any atom is 0.231 e.